The molecular weight excluding hydrogens is 222 g/mol. The van der Waals surface area contributed by atoms with E-state index in [1.165, 1.54) is 24.9 Å². The SMILES string of the molecule is CN(Cc1cccc(C#N)c1)CC1CCCN1C. The maximum Gasteiger partial charge on any atom is 0.0991 e. The molecule has 0 amide bonds. The van der Waals surface area contributed by atoms with Crippen LogP contribution in [0.4, 0.5) is 0 Å². The van der Waals surface area contributed by atoms with E-state index in [0.717, 1.165) is 18.7 Å². The molecule has 3 heteroatoms. The minimum atomic E-state index is 0.689. The Labute approximate surface area is 110 Å². The summed E-state index contributed by atoms with van der Waals surface area (Å²) < 4.78 is 0. The van der Waals surface area contributed by atoms with Crippen LogP contribution in [-0.2, 0) is 6.54 Å². The number of likely N-dealkylation sites (N-methyl/N-ethyl adjacent to an activating group) is 2. The number of nitrogens with zero attached hydrogens (tertiary/aromatic N) is 3. The average Bonchev–Trinajstić information content (AvgIpc) is 2.75. The molecule has 1 unspecified atom stereocenters. The Morgan fingerprint density at radius 1 is 1.50 bits per heavy atom. The Morgan fingerprint density at radius 3 is 3.00 bits per heavy atom. The van der Waals surface area contributed by atoms with E-state index in [9.17, 15) is 0 Å². The second kappa shape index (κ2) is 5.99. The summed E-state index contributed by atoms with van der Waals surface area (Å²) >= 11 is 0. The van der Waals surface area contributed by atoms with E-state index in [1.807, 2.05) is 18.2 Å². The van der Waals surface area contributed by atoms with Crippen molar-refractivity contribution in [3.8, 4) is 6.07 Å². The third-order valence-electron chi connectivity index (χ3n) is 3.70. The number of benzene rings is 1. The zero-order chi connectivity index (χ0) is 13.0. The largest absolute Gasteiger partial charge is 0.302 e. The number of nitriles is 1. The number of likely N-dealkylation sites (tertiary alicyclic amines) is 1. The van der Waals surface area contributed by atoms with Gasteiger partial charge in [-0.2, -0.15) is 5.26 Å². The lowest BCUT2D eigenvalue weighted by Crippen LogP contribution is -2.36. The van der Waals surface area contributed by atoms with E-state index in [1.54, 1.807) is 0 Å². The van der Waals surface area contributed by atoms with Crippen LogP contribution < -0.4 is 0 Å². The molecule has 96 valence electrons. The first-order chi connectivity index (χ1) is 8.69. The Morgan fingerprint density at radius 2 is 2.33 bits per heavy atom. The smallest absolute Gasteiger partial charge is 0.0991 e. The van der Waals surface area contributed by atoms with Crippen molar-refractivity contribution in [2.45, 2.75) is 25.4 Å². The molecular formula is C15H21N3. The van der Waals surface area contributed by atoms with Crippen molar-refractivity contribution in [3.63, 3.8) is 0 Å². The van der Waals surface area contributed by atoms with Crippen LogP contribution in [0.15, 0.2) is 24.3 Å². The summed E-state index contributed by atoms with van der Waals surface area (Å²) in [5.74, 6) is 0. The van der Waals surface area contributed by atoms with Gasteiger partial charge in [-0.3, -0.25) is 0 Å². The number of rotatable bonds is 4. The second-order valence-corrected chi connectivity index (χ2v) is 5.29. The molecule has 0 N–H and O–H groups in total. The highest BCUT2D eigenvalue weighted by Crippen LogP contribution is 2.16. The summed E-state index contributed by atoms with van der Waals surface area (Å²) in [6.07, 6.45) is 2.62. The van der Waals surface area contributed by atoms with Crippen molar-refractivity contribution in [2.24, 2.45) is 0 Å². The molecule has 1 atom stereocenters. The van der Waals surface area contributed by atoms with Crippen LogP contribution in [0.1, 0.15) is 24.0 Å². The first kappa shape index (κ1) is 13.1. The van der Waals surface area contributed by atoms with Crippen molar-refractivity contribution in [2.75, 3.05) is 27.2 Å². The maximum atomic E-state index is 8.89. The normalized spacial score (nSPS) is 20.2. The molecule has 1 saturated heterocycles. The second-order valence-electron chi connectivity index (χ2n) is 5.29. The lowest BCUT2D eigenvalue weighted by Gasteiger charge is -2.25. The van der Waals surface area contributed by atoms with Crippen LogP contribution in [0.3, 0.4) is 0 Å². The Hall–Kier alpha value is -1.37. The number of hydrogen-bond acceptors (Lipinski definition) is 3. The molecule has 1 aliphatic rings. The van der Waals surface area contributed by atoms with Crippen LogP contribution in [0.25, 0.3) is 0 Å². The minimum Gasteiger partial charge on any atom is -0.302 e. The first-order valence-corrected chi connectivity index (χ1v) is 6.57. The van der Waals surface area contributed by atoms with Gasteiger partial charge in [0.2, 0.25) is 0 Å². The Bertz CT molecular complexity index is 436. The predicted octanol–water partition coefficient (Wildman–Crippen LogP) is 2.08. The summed E-state index contributed by atoms with van der Waals surface area (Å²) in [5.41, 5.74) is 1.97. The molecule has 1 heterocycles. The molecule has 1 fully saturated rings. The zero-order valence-corrected chi connectivity index (χ0v) is 11.3. The summed E-state index contributed by atoms with van der Waals surface area (Å²) in [6.45, 7) is 3.25. The van der Waals surface area contributed by atoms with Crippen molar-refractivity contribution in [3.05, 3.63) is 35.4 Å². The van der Waals surface area contributed by atoms with Gasteiger partial charge in [0.25, 0.3) is 0 Å². The van der Waals surface area contributed by atoms with E-state index in [2.05, 4.69) is 36.0 Å². The molecule has 2 rings (SSSR count). The maximum absolute atomic E-state index is 8.89. The van der Waals surface area contributed by atoms with Crippen LogP contribution in [0.2, 0.25) is 0 Å². The molecule has 0 saturated carbocycles. The molecule has 0 spiro atoms. The van der Waals surface area contributed by atoms with Gasteiger partial charge < -0.3 is 9.80 Å². The lowest BCUT2D eigenvalue weighted by atomic mass is 10.1. The topological polar surface area (TPSA) is 30.3 Å². The first-order valence-electron chi connectivity index (χ1n) is 6.57. The summed E-state index contributed by atoms with van der Waals surface area (Å²) in [6, 6.07) is 10.8. The molecule has 18 heavy (non-hydrogen) atoms. The summed E-state index contributed by atoms with van der Waals surface area (Å²) in [7, 11) is 4.37. The lowest BCUT2D eigenvalue weighted by molar-refractivity contribution is 0.215. The third-order valence-corrected chi connectivity index (χ3v) is 3.70. The van der Waals surface area contributed by atoms with Crippen molar-refractivity contribution in [1.29, 1.82) is 5.26 Å². The molecule has 0 bridgehead atoms. The van der Waals surface area contributed by atoms with Gasteiger partial charge in [-0.15, -0.1) is 0 Å². The third kappa shape index (κ3) is 3.32. The summed E-state index contributed by atoms with van der Waals surface area (Å²) in [4.78, 5) is 4.80. The molecule has 1 aromatic rings. The standard InChI is InChI=1S/C15H21N3/c1-17(12-15-7-4-8-18(15)2)11-14-6-3-5-13(9-14)10-16/h3,5-6,9,15H,4,7-8,11-12H2,1-2H3. The van der Waals surface area contributed by atoms with Gasteiger partial charge in [-0.05, 0) is 51.2 Å². The molecule has 0 aliphatic carbocycles. The quantitative estimate of drug-likeness (QED) is 0.811. The van der Waals surface area contributed by atoms with Crippen LogP contribution in [0, 0.1) is 11.3 Å². The zero-order valence-electron chi connectivity index (χ0n) is 11.3. The van der Waals surface area contributed by atoms with Crippen LogP contribution >= 0.6 is 0 Å². The van der Waals surface area contributed by atoms with Gasteiger partial charge in [-0.25, -0.2) is 0 Å². The van der Waals surface area contributed by atoms with Gasteiger partial charge in [-0.1, -0.05) is 12.1 Å². The van der Waals surface area contributed by atoms with Crippen molar-refractivity contribution < 1.29 is 0 Å². The van der Waals surface area contributed by atoms with Crippen molar-refractivity contribution >= 4 is 0 Å². The Kier molecular flexibility index (Phi) is 4.35. The highest BCUT2D eigenvalue weighted by atomic mass is 15.2. The highest BCUT2D eigenvalue weighted by Gasteiger charge is 2.21. The van der Waals surface area contributed by atoms with E-state index >= 15 is 0 Å². The van der Waals surface area contributed by atoms with E-state index in [4.69, 9.17) is 5.26 Å². The van der Waals surface area contributed by atoms with Gasteiger partial charge in [0, 0.05) is 19.1 Å². The van der Waals surface area contributed by atoms with Gasteiger partial charge in [0.15, 0.2) is 0 Å². The highest BCUT2D eigenvalue weighted by molar-refractivity contribution is 5.32. The number of hydrogen-bond donors (Lipinski definition) is 0. The van der Waals surface area contributed by atoms with Crippen molar-refractivity contribution in [1.82, 2.24) is 9.80 Å². The Balaban J connectivity index is 1.90. The minimum absolute atomic E-state index is 0.689. The summed E-state index contributed by atoms with van der Waals surface area (Å²) in [5, 5.41) is 8.89. The predicted molar refractivity (Wildman–Crippen MR) is 73.1 cm³/mol. The monoisotopic (exact) mass is 243 g/mol. The fourth-order valence-corrected chi connectivity index (χ4v) is 2.69. The van der Waals surface area contributed by atoms with E-state index in [0.29, 0.717) is 6.04 Å². The van der Waals surface area contributed by atoms with Gasteiger partial charge >= 0.3 is 0 Å². The average molecular weight is 243 g/mol. The van der Waals surface area contributed by atoms with E-state index in [-0.39, 0.29) is 0 Å². The van der Waals surface area contributed by atoms with Crippen LogP contribution in [-0.4, -0.2) is 43.0 Å². The van der Waals surface area contributed by atoms with E-state index < -0.39 is 0 Å². The molecule has 1 aliphatic heterocycles. The molecule has 3 nitrogen and oxygen atoms in total. The molecule has 1 aromatic carbocycles. The fraction of sp³-hybridized carbons (Fsp3) is 0.533. The molecule has 0 radical (unpaired) electrons. The molecule has 0 aromatic heterocycles. The van der Waals surface area contributed by atoms with Gasteiger partial charge in [0.1, 0.15) is 0 Å². The van der Waals surface area contributed by atoms with Gasteiger partial charge in [0.05, 0.1) is 11.6 Å². The van der Waals surface area contributed by atoms with Crippen LogP contribution in [0.5, 0.6) is 0 Å². The fourth-order valence-electron chi connectivity index (χ4n) is 2.69.